The maximum absolute atomic E-state index is 12.9. The largest absolute Gasteiger partial charge is 0.485 e. The van der Waals surface area contributed by atoms with Crippen LogP contribution in [0, 0.1) is 5.82 Å². The predicted molar refractivity (Wildman–Crippen MR) is 87.5 cm³/mol. The zero-order chi connectivity index (χ0) is 18.7. The first-order chi connectivity index (χ1) is 12.3. The SMILES string of the molecule is O=C(NC(F)(F)F)N1CCN(c2nc(Cc3ccc(F)cc3)ns2)CC1. The summed E-state index contributed by atoms with van der Waals surface area (Å²) in [4.78, 5) is 18.9. The van der Waals surface area contributed by atoms with Crippen molar-refractivity contribution in [3.8, 4) is 0 Å². The van der Waals surface area contributed by atoms with Crippen LogP contribution in [0.3, 0.4) is 0 Å². The number of urea groups is 1. The molecule has 1 fully saturated rings. The minimum Gasteiger partial charge on any atom is -0.343 e. The van der Waals surface area contributed by atoms with E-state index in [1.54, 1.807) is 12.1 Å². The molecule has 0 atom stereocenters. The molecule has 0 spiro atoms. The summed E-state index contributed by atoms with van der Waals surface area (Å²) in [6.45, 7) is 1.07. The molecule has 0 unspecified atom stereocenters. The molecule has 1 N–H and O–H groups in total. The summed E-state index contributed by atoms with van der Waals surface area (Å²) < 4.78 is 53.8. The van der Waals surface area contributed by atoms with E-state index in [2.05, 4.69) is 9.36 Å². The number of nitrogens with zero attached hydrogens (tertiary/aromatic N) is 4. The van der Waals surface area contributed by atoms with Crippen molar-refractivity contribution in [2.45, 2.75) is 12.7 Å². The van der Waals surface area contributed by atoms with E-state index in [0.717, 1.165) is 15.8 Å². The summed E-state index contributed by atoms with van der Waals surface area (Å²) in [7, 11) is 0. The Morgan fingerprint density at radius 1 is 1.15 bits per heavy atom. The van der Waals surface area contributed by atoms with Crippen molar-refractivity contribution in [1.82, 2.24) is 19.6 Å². The van der Waals surface area contributed by atoms with E-state index in [1.807, 2.05) is 4.90 Å². The summed E-state index contributed by atoms with van der Waals surface area (Å²) >= 11 is 1.19. The number of hydrogen-bond acceptors (Lipinski definition) is 5. The molecule has 1 aliphatic rings. The molecule has 3 rings (SSSR count). The number of anilines is 1. The van der Waals surface area contributed by atoms with Crippen LogP contribution >= 0.6 is 11.5 Å². The van der Waals surface area contributed by atoms with E-state index >= 15 is 0 Å². The fourth-order valence-electron chi connectivity index (χ4n) is 2.53. The molecule has 0 aliphatic carbocycles. The highest BCUT2D eigenvalue weighted by atomic mass is 32.1. The maximum Gasteiger partial charge on any atom is 0.485 e. The molecule has 26 heavy (non-hydrogen) atoms. The number of hydrogen-bond donors (Lipinski definition) is 1. The molecule has 1 saturated heterocycles. The van der Waals surface area contributed by atoms with Crippen LogP contribution in [-0.2, 0) is 6.42 Å². The van der Waals surface area contributed by atoms with Gasteiger partial charge in [0, 0.05) is 44.1 Å². The lowest BCUT2D eigenvalue weighted by Crippen LogP contribution is -2.54. The van der Waals surface area contributed by atoms with Crippen LogP contribution in [0.5, 0.6) is 0 Å². The number of carbonyl (C=O) groups excluding carboxylic acids is 1. The Morgan fingerprint density at radius 2 is 1.81 bits per heavy atom. The minimum atomic E-state index is -4.73. The fourth-order valence-corrected chi connectivity index (χ4v) is 3.27. The van der Waals surface area contributed by atoms with E-state index < -0.39 is 12.3 Å². The number of rotatable bonds is 3. The lowest BCUT2D eigenvalue weighted by Gasteiger charge is -2.34. The Balaban J connectivity index is 1.54. The topological polar surface area (TPSA) is 61.4 Å². The number of alkyl halides is 3. The summed E-state index contributed by atoms with van der Waals surface area (Å²) in [6.07, 6.45) is -4.27. The second-order valence-electron chi connectivity index (χ2n) is 5.70. The normalized spacial score (nSPS) is 15.2. The quantitative estimate of drug-likeness (QED) is 0.648. The van der Waals surface area contributed by atoms with Gasteiger partial charge in [0.25, 0.3) is 0 Å². The molecule has 6 nitrogen and oxygen atoms in total. The molecule has 11 heteroatoms. The Bertz CT molecular complexity index is 756. The number of benzene rings is 1. The van der Waals surface area contributed by atoms with Gasteiger partial charge in [0.2, 0.25) is 5.13 Å². The van der Waals surface area contributed by atoms with Crippen molar-refractivity contribution in [3.05, 3.63) is 41.5 Å². The van der Waals surface area contributed by atoms with Crippen molar-refractivity contribution in [3.63, 3.8) is 0 Å². The van der Waals surface area contributed by atoms with E-state index in [-0.39, 0.29) is 18.9 Å². The molecule has 140 valence electrons. The zero-order valence-corrected chi connectivity index (χ0v) is 14.3. The van der Waals surface area contributed by atoms with Gasteiger partial charge in [-0.05, 0) is 17.7 Å². The van der Waals surface area contributed by atoms with Gasteiger partial charge in [-0.25, -0.2) is 19.5 Å². The van der Waals surface area contributed by atoms with Gasteiger partial charge in [0.1, 0.15) is 11.6 Å². The first kappa shape index (κ1) is 18.4. The first-order valence-electron chi connectivity index (χ1n) is 7.76. The first-order valence-corrected chi connectivity index (χ1v) is 8.53. The van der Waals surface area contributed by atoms with Crippen LogP contribution < -0.4 is 10.2 Å². The molecule has 2 heterocycles. The lowest BCUT2D eigenvalue weighted by molar-refractivity contribution is -0.147. The third kappa shape index (κ3) is 4.81. The Kier molecular flexibility index (Phi) is 5.25. The minimum absolute atomic E-state index is 0.161. The maximum atomic E-state index is 12.9. The van der Waals surface area contributed by atoms with E-state index in [4.69, 9.17) is 0 Å². The van der Waals surface area contributed by atoms with Gasteiger partial charge in [-0.2, -0.15) is 17.5 Å². The average molecular weight is 389 g/mol. The van der Waals surface area contributed by atoms with Crippen molar-refractivity contribution < 1.29 is 22.4 Å². The van der Waals surface area contributed by atoms with Gasteiger partial charge < -0.3 is 9.80 Å². The fraction of sp³-hybridized carbons (Fsp3) is 0.400. The van der Waals surface area contributed by atoms with E-state index in [0.29, 0.717) is 30.5 Å². The van der Waals surface area contributed by atoms with Gasteiger partial charge in [0.15, 0.2) is 0 Å². The average Bonchev–Trinajstić information content (AvgIpc) is 3.04. The third-order valence-corrected chi connectivity index (χ3v) is 4.63. The molecule has 1 aromatic carbocycles. The van der Waals surface area contributed by atoms with Crippen molar-refractivity contribution in [2.75, 3.05) is 31.1 Å². The highest BCUT2D eigenvalue weighted by molar-refractivity contribution is 7.09. The summed E-state index contributed by atoms with van der Waals surface area (Å²) in [6, 6.07) is 4.91. The zero-order valence-electron chi connectivity index (χ0n) is 13.5. The van der Waals surface area contributed by atoms with E-state index in [9.17, 15) is 22.4 Å². The van der Waals surface area contributed by atoms with Gasteiger partial charge in [-0.15, -0.1) is 0 Å². The number of aromatic nitrogens is 2. The van der Waals surface area contributed by atoms with Crippen LogP contribution in [0.25, 0.3) is 0 Å². The number of carbonyl (C=O) groups is 1. The van der Waals surface area contributed by atoms with Gasteiger partial charge in [-0.3, -0.25) is 0 Å². The standard InChI is InChI=1S/C15H15F4N5OS/c16-11-3-1-10(2-4-11)9-12-20-14(26-22-12)24-7-5-23(6-8-24)13(25)21-15(17,18)19/h1-4H,5-9H2,(H,21,25). The molecule has 2 aromatic rings. The summed E-state index contributed by atoms with van der Waals surface area (Å²) in [5, 5.41) is 1.65. The molecule has 0 bridgehead atoms. The second kappa shape index (κ2) is 7.44. The molecule has 1 aromatic heterocycles. The smallest absolute Gasteiger partial charge is 0.343 e. The van der Waals surface area contributed by atoms with Crippen LogP contribution in [0.2, 0.25) is 0 Å². The van der Waals surface area contributed by atoms with Crippen molar-refractivity contribution in [2.24, 2.45) is 0 Å². The Morgan fingerprint density at radius 3 is 2.42 bits per heavy atom. The summed E-state index contributed by atoms with van der Waals surface area (Å²) in [5.74, 6) is 0.280. The van der Waals surface area contributed by atoms with E-state index in [1.165, 1.54) is 23.7 Å². The van der Waals surface area contributed by atoms with Crippen LogP contribution in [0.1, 0.15) is 11.4 Å². The lowest BCUT2D eigenvalue weighted by atomic mass is 10.1. The molecule has 2 amide bonds. The number of halogens is 4. The van der Waals surface area contributed by atoms with Crippen molar-refractivity contribution in [1.29, 1.82) is 0 Å². The number of amides is 2. The molecule has 1 aliphatic heterocycles. The highest BCUT2D eigenvalue weighted by Gasteiger charge is 2.33. The van der Waals surface area contributed by atoms with Crippen LogP contribution in [0.15, 0.2) is 24.3 Å². The number of nitrogens with one attached hydrogen (secondary N) is 1. The molecular formula is C15H15F4N5OS. The Hall–Kier alpha value is -2.43. The second-order valence-corrected chi connectivity index (χ2v) is 6.43. The van der Waals surface area contributed by atoms with Gasteiger partial charge >= 0.3 is 12.3 Å². The van der Waals surface area contributed by atoms with Crippen LogP contribution in [-0.4, -0.2) is 52.8 Å². The molecule has 0 radical (unpaired) electrons. The van der Waals surface area contributed by atoms with Gasteiger partial charge in [0.05, 0.1) is 0 Å². The Labute approximate surface area is 150 Å². The summed E-state index contributed by atoms with van der Waals surface area (Å²) in [5.41, 5.74) is 0.879. The molecule has 0 saturated carbocycles. The molecular weight excluding hydrogens is 374 g/mol. The highest BCUT2D eigenvalue weighted by Crippen LogP contribution is 2.21. The predicted octanol–water partition coefficient (Wildman–Crippen LogP) is 2.62. The third-order valence-electron chi connectivity index (χ3n) is 3.82. The number of piperazine rings is 1. The van der Waals surface area contributed by atoms with Gasteiger partial charge in [-0.1, -0.05) is 12.1 Å². The van der Waals surface area contributed by atoms with Crippen molar-refractivity contribution >= 4 is 22.7 Å². The monoisotopic (exact) mass is 389 g/mol. The van der Waals surface area contributed by atoms with Crippen LogP contribution in [0.4, 0.5) is 27.5 Å².